The van der Waals surface area contributed by atoms with Gasteiger partial charge in [-0.25, -0.2) is 14.4 Å². The molecule has 12 aromatic rings. The molecule has 11 heteroatoms. The lowest BCUT2D eigenvalue weighted by Gasteiger charge is -2.26. The van der Waals surface area contributed by atoms with Gasteiger partial charge in [-0.2, -0.15) is 0 Å². The van der Waals surface area contributed by atoms with Crippen LogP contribution in [-0.4, -0.2) is 26.7 Å². The molecule has 0 aliphatic carbocycles. The predicted octanol–water partition coefficient (Wildman–Crippen LogP) is 16.4. The van der Waals surface area contributed by atoms with Gasteiger partial charge >= 0.3 is 16.9 Å². The predicted molar refractivity (Wildman–Crippen MR) is 312 cm³/mol. The van der Waals surface area contributed by atoms with Gasteiger partial charge in [0.1, 0.15) is 16.7 Å². The summed E-state index contributed by atoms with van der Waals surface area (Å²) in [4.78, 5) is 51.0. The lowest BCUT2D eigenvalue weighted by molar-refractivity contribution is 0.563. The van der Waals surface area contributed by atoms with Gasteiger partial charge in [-0.05, 0) is 157 Å². The highest BCUT2D eigenvalue weighted by molar-refractivity contribution is 7.25. The Kier molecular flexibility index (Phi) is 12.3. The van der Waals surface area contributed by atoms with E-state index < -0.39 is 11.3 Å². The van der Waals surface area contributed by atoms with E-state index in [1.54, 1.807) is 22.7 Å². The van der Waals surface area contributed by atoms with Gasteiger partial charge in [0.2, 0.25) is 0 Å². The molecule has 0 N–H and O–H groups in total. The zero-order chi connectivity index (χ0) is 51.3. The van der Waals surface area contributed by atoms with Crippen molar-refractivity contribution >= 4 is 94.8 Å². The number of benzene rings is 7. The molecule has 0 aliphatic heterocycles. The number of rotatable bonds is 13. The summed E-state index contributed by atoms with van der Waals surface area (Å²) in [6.07, 6.45) is 0. The average Bonchev–Trinajstić information content (AvgIpc) is 4.15. The minimum absolute atomic E-state index is 0.349. The fraction of sp³-hybridized carbons (Fsp3) is 0.109. The Bertz CT molecular complexity index is 4300. The van der Waals surface area contributed by atoms with Crippen molar-refractivity contribution in [1.29, 1.82) is 0 Å². The van der Waals surface area contributed by atoms with Crippen LogP contribution >= 0.6 is 22.7 Å². The maximum Gasteiger partial charge on any atom is 0.345 e. The summed E-state index contributed by atoms with van der Waals surface area (Å²) in [5.74, 6) is 0. The van der Waals surface area contributed by atoms with Gasteiger partial charge < -0.3 is 28.0 Å². The van der Waals surface area contributed by atoms with Crippen LogP contribution in [0.4, 0.5) is 28.4 Å². The highest BCUT2D eigenvalue weighted by atomic mass is 32.1. The smallest absolute Gasteiger partial charge is 0.345 e. The molecule has 0 amide bonds. The van der Waals surface area contributed by atoms with Gasteiger partial charge in [-0.3, -0.25) is 0 Å². The molecule has 368 valence electrons. The molecule has 0 saturated heterocycles. The molecule has 0 fully saturated rings. The Hall–Kier alpha value is -8.77. The molecule has 12 rings (SSSR count). The van der Waals surface area contributed by atoms with E-state index >= 15 is 0 Å². The molecule has 75 heavy (non-hydrogen) atoms. The largest absolute Gasteiger partial charge is 0.422 e. The van der Waals surface area contributed by atoms with E-state index in [0.29, 0.717) is 33.4 Å². The molecule has 0 aliphatic rings. The van der Waals surface area contributed by atoms with Gasteiger partial charge in [-0.1, -0.05) is 66.7 Å². The molecule has 0 bridgehead atoms. The van der Waals surface area contributed by atoms with Crippen molar-refractivity contribution in [1.82, 2.24) is 0 Å². The van der Waals surface area contributed by atoms with E-state index in [2.05, 4.69) is 90.1 Å². The van der Waals surface area contributed by atoms with Crippen LogP contribution in [0.3, 0.4) is 0 Å². The lowest BCUT2D eigenvalue weighted by Crippen LogP contribution is -2.21. The Balaban J connectivity index is 0.860. The van der Waals surface area contributed by atoms with Crippen LogP contribution in [0, 0.1) is 0 Å². The number of hydrogen-bond acceptors (Lipinski definition) is 11. The zero-order valence-electron chi connectivity index (χ0n) is 41.6. The molecule has 7 aromatic carbocycles. The maximum absolute atomic E-state index is 13.5. The van der Waals surface area contributed by atoms with Gasteiger partial charge in [0, 0.05) is 103 Å². The van der Waals surface area contributed by atoms with Crippen molar-refractivity contribution in [2.45, 2.75) is 20.8 Å². The van der Waals surface area contributed by atoms with Crippen LogP contribution in [0.2, 0.25) is 0 Å². The number of anilines is 5. The first-order chi connectivity index (χ1) is 36.6. The first kappa shape index (κ1) is 47.2. The normalized spacial score (nSPS) is 11.5. The first-order valence-corrected chi connectivity index (χ1v) is 26.7. The lowest BCUT2D eigenvalue weighted by atomic mass is 10.0. The summed E-state index contributed by atoms with van der Waals surface area (Å²) in [6.45, 7) is 8.87. The second-order valence-corrected chi connectivity index (χ2v) is 20.6. The van der Waals surface area contributed by atoms with Gasteiger partial charge in [0.15, 0.2) is 0 Å². The van der Waals surface area contributed by atoms with Crippen molar-refractivity contribution in [3.8, 4) is 52.9 Å². The summed E-state index contributed by atoms with van der Waals surface area (Å²) in [7, 11) is 2.01. The quantitative estimate of drug-likeness (QED) is 0.0825. The van der Waals surface area contributed by atoms with E-state index in [4.69, 9.17) is 13.3 Å². The number of fused-ring (bicyclic) bond motifs is 5. The molecule has 0 unspecified atom stereocenters. The number of nitrogens with zero attached hydrogens (tertiary/aromatic N) is 3. The zero-order valence-corrected chi connectivity index (χ0v) is 43.3. The molecule has 5 aromatic heterocycles. The Labute approximate surface area is 440 Å². The first-order valence-electron chi connectivity index (χ1n) is 25.0. The fourth-order valence-electron chi connectivity index (χ4n) is 9.89. The molecule has 0 radical (unpaired) electrons. The number of hydrogen-bond donors (Lipinski definition) is 0. The van der Waals surface area contributed by atoms with Crippen molar-refractivity contribution in [2.75, 3.05) is 41.4 Å². The minimum Gasteiger partial charge on any atom is -0.422 e. The SMILES string of the molecule is CCN(C)c1ccc2cc(-c3ccc(N(c4ccc(-c5ccc(-c6ccc(-c7cc8ccc(N(CC)CC)cc8oc7=O)s6)s5)cc4)c4ccc(-c5cc6c(ccc7ccccc76)oc5=O)cc4)cc3)c(=O)oc2c1. The summed E-state index contributed by atoms with van der Waals surface area (Å²) in [6, 6.07) is 62.3. The molecule has 0 saturated carbocycles. The highest BCUT2D eigenvalue weighted by Crippen LogP contribution is 2.43. The van der Waals surface area contributed by atoms with E-state index in [9.17, 15) is 14.4 Å². The summed E-state index contributed by atoms with van der Waals surface area (Å²) < 4.78 is 17.7. The van der Waals surface area contributed by atoms with Gasteiger partial charge in [0.25, 0.3) is 0 Å². The van der Waals surface area contributed by atoms with Crippen LogP contribution in [0.1, 0.15) is 20.8 Å². The van der Waals surface area contributed by atoms with Crippen LogP contribution in [-0.2, 0) is 0 Å². The molecule has 5 heterocycles. The molecule has 0 spiro atoms. The van der Waals surface area contributed by atoms with Crippen LogP contribution < -0.4 is 31.6 Å². The van der Waals surface area contributed by atoms with Crippen molar-refractivity contribution in [3.63, 3.8) is 0 Å². The second-order valence-electron chi connectivity index (χ2n) is 18.5. The van der Waals surface area contributed by atoms with E-state index in [1.807, 2.05) is 141 Å². The Morgan fingerprint density at radius 3 is 1.45 bits per heavy atom. The van der Waals surface area contributed by atoms with E-state index in [1.165, 1.54) is 0 Å². The molecule has 0 atom stereocenters. The maximum atomic E-state index is 13.5. The van der Waals surface area contributed by atoms with Crippen LogP contribution in [0.5, 0.6) is 0 Å². The van der Waals surface area contributed by atoms with Gasteiger partial charge in [0.05, 0.1) is 16.7 Å². The van der Waals surface area contributed by atoms with E-state index in [0.717, 1.165) is 111 Å². The molecular weight excluding hydrogens is 971 g/mol. The third-order valence-electron chi connectivity index (χ3n) is 14.1. The van der Waals surface area contributed by atoms with Crippen molar-refractivity contribution in [3.05, 3.63) is 219 Å². The topological polar surface area (TPSA) is 100 Å². The molecule has 9 nitrogen and oxygen atoms in total. The minimum atomic E-state index is -0.404. The number of thiophene rings is 2. The third-order valence-corrected chi connectivity index (χ3v) is 16.6. The van der Waals surface area contributed by atoms with E-state index in [-0.39, 0.29) is 5.63 Å². The fourth-order valence-corrected chi connectivity index (χ4v) is 12.0. The highest BCUT2D eigenvalue weighted by Gasteiger charge is 2.19. The summed E-state index contributed by atoms with van der Waals surface area (Å²) >= 11 is 3.28. The van der Waals surface area contributed by atoms with Crippen LogP contribution in [0.25, 0.3) is 96.6 Å². The monoisotopic (exact) mass is 1020 g/mol. The standard InChI is InChI=1S/C64H49N3O6S2/c1-5-65(4)48-27-18-43-34-51(62(68)72-56(43)36-48)40-12-21-45(22-13-40)67(46-23-14-41(15-24-46)52-38-53-50-11-9-8-10-39(50)20-29-55(53)71-63(52)69)47-25-16-42(17-26-47)58-30-32-60(74-58)61-33-31-59(75-61)54-35-44-19-28-49(66(6-2)7-3)37-57(44)73-64(54)70/h8-38H,5-7H2,1-4H3. The van der Waals surface area contributed by atoms with Crippen molar-refractivity contribution in [2.24, 2.45) is 0 Å². The average molecular weight is 1020 g/mol. The third kappa shape index (κ3) is 8.89. The summed E-state index contributed by atoms with van der Waals surface area (Å²) in [5.41, 5.74) is 9.22. The van der Waals surface area contributed by atoms with Crippen LogP contribution in [0.15, 0.2) is 216 Å². The van der Waals surface area contributed by atoms with Crippen molar-refractivity contribution < 1.29 is 13.3 Å². The second kappa shape index (κ2) is 19.6. The Morgan fingerprint density at radius 1 is 0.373 bits per heavy atom. The summed E-state index contributed by atoms with van der Waals surface area (Å²) in [5, 5.41) is 4.69. The Morgan fingerprint density at radius 2 is 0.840 bits per heavy atom. The molecular formula is C64H49N3O6S2. The van der Waals surface area contributed by atoms with Gasteiger partial charge in [-0.15, -0.1) is 22.7 Å².